The summed E-state index contributed by atoms with van der Waals surface area (Å²) < 4.78 is 15.0. The van der Waals surface area contributed by atoms with E-state index < -0.39 is 5.91 Å². The van der Waals surface area contributed by atoms with Gasteiger partial charge in [0.15, 0.2) is 0 Å². The van der Waals surface area contributed by atoms with Gasteiger partial charge in [-0.1, -0.05) is 0 Å². The molecule has 25 heavy (non-hydrogen) atoms. The van der Waals surface area contributed by atoms with Crippen LogP contribution in [0.25, 0.3) is 0 Å². The monoisotopic (exact) mass is 347 g/mol. The van der Waals surface area contributed by atoms with Crippen LogP contribution < -0.4 is 20.1 Å². The van der Waals surface area contributed by atoms with E-state index in [9.17, 15) is 9.59 Å². The Morgan fingerprint density at radius 3 is 2.64 bits per heavy atom. The quantitative estimate of drug-likeness (QED) is 0.302. The number of nitrogens with one attached hydrogen (secondary N) is 2. The van der Waals surface area contributed by atoms with Crippen LogP contribution in [0.1, 0.15) is 13.3 Å². The Kier molecular flexibility index (Phi) is 8.37. The van der Waals surface area contributed by atoms with Crippen LogP contribution in [0.4, 0.5) is 5.69 Å². The van der Waals surface area contributed by atoms with Crippen LogP contribution in [-0.4, -0.2) is 39.2 Å². The van der Waals surface area contributed by atoms with Gasteiger partial charge in [-0.25, -0.2) is 0 Å². The van der Waals surface area contributed by atoms with E-state index in [4.69, 9.17) is 19.5 Å². The summed E-state index contributed by atoms with van der Waals surface area (Å²) in [7, 11) is 2.97. The van der Waals surface area contributed by atoms with Gasteiger partial charge in [-0.05, 0) is 19.1 Å². The van der Waals surface area contributed by atoms with Crippen molar-refractivity contribution in [2.45, 2.75) is 13.3 Å². The zero-order chi connectivity index (χ0) is 18.7. The fourth-order valence-corrected chi connectivity index (χ4v) is 1.83. The molecule has 1 rings (SSSR count). The van der Waals surface area contributed by atoms with E-state index in [1.165, 1.54) is 20.4 Å². The fourth-order valence-electron chi connectivity index (χ4n) is 1.83. The van der Waals surface area contributed by atoms with Crippen molar-refractivity contribution in [2.75, 3.05) is 32.7 Å². The number of methoxy groups -OCH3 is 2. The fraction of sp³-hybridized carbons (Fsp3) is 0.353. The minimum Gasteiger partial charge on any atom is -0.497 e. The van der Waals surface area contributed by atoms with Crippen molar-refractivity contribution in [3.63, 3.8) is 0 Å². The highest BCUT2D eigenvalue weighted by Crippen LogP contribution is 2.29. The van der Waals surface area contributed by atoms with Gasteiger partial charge in [0.05, 0.1) is 32.9 Å². The number of anilines is 1. The van der Waals surface area contributed by atoms with Gasteiger partial charge in [0.1, 0.15) is 23.1 Å². The molecule has 0 heterocycles. The second-order valence-corrected chi connectivity index (χ2v) is 4.70. The summed E-state index contributed by atoms with van der Waals surface area (Å²) in [5.41, 5.74) is 0.230. The first kappa shape index (κ1) is 19.8. The first-order valence-electron chi connectivity index (χ1n) is 7.58. The van der Waals surface area contributed by atoms with E-state index in [2.05, 4.69) is 10.6 Å². The zero-order valence-corrected chi connectivity index (χ0v) is 14.4. The summed E-state index contributed by atoms with van der Waals surface area (Å²) in [6.07, 6.45) is 1.38. The maximum Gasteiger partial charge on any atom is 0.307 e. The smallest absolute Gasteiger partial charge is 0.307 e. The predicted octanol–water partition coefficient (Wildman–Crippen LogP) is 1.59. The molecular formula is C17H21N3O5. The normalized spacial score (nSPS) is 10.4. The van der Waals surface area contributed by atoms with Gasteiger partial charge < -0.3 is 24.8 Å². The standard InChI is InChI=1S/C17H21N3O5/c1-4-25-16(21)7-8-19-11-12(10-18)17(22)20-14-9-13(23-2)5-6-15(14)24-3/h5-6,9,11,19H,4,7-8H2,1-3H3,(H,20,22)/b12-11-. The molecule has 134 valence electrons. The first-order chi connectivity index (χ1) is 12.0. The summed E-state index contributed by atoms with van der Waals surface area (Å²) in [5, 5.41) is 14.5. The third-order valence-corrected chi connectivity index (χ3v) is 3.05. The molecule has 0 aromatic heterocycles. The number of hydrogen-bond donors (Lipinski definition) is 2. The average Bonchev–Trinajstić information content (AvgIpc) is 2.61. The number of benzene rings is 1. The maximum absolute atomic E-state index is 12.2. The van der Waals surface area contributed by atoms with E-state index in [1.807, 2.05) is 0 Å². The van der Waals surface area contributed by atoms with Crippen LogP contribution >= 0.6 is 0 Å². The van der Waals surface area contributed by atoms with Crippen molar-refractivity contribution in [3.8, 4) is 17.6 Å². The molecule has 0 atom stereocenters. The van der Waals surface area contributed by atoms with Crippen molar-refractivity contribution in [1.82, 2.24) is 5.32 Å². The minimum absolute atomic E-state index is 0.133. The van der Waals surface area contributed by atoms with Gasteiger partial charge in [0.2, 0.25) is 0 Å². The van der Waals surface area contributed by atoms with E-state index in [1.54, 1.807) is 31.2 Å². The number of carbonyl (C=O) groups excluding carboxylic acids is 2. The molecule has 0 unspecified atom stereocenters. The Labute approximate surface area is 146 Å². The number of nitriles is 1. The number of esters is 1. The molecule has 1 aromatic carbocycles. The molecule has 0 bridgehead atoms. The molecule has 0 saturated heterocycles. The van der Waals surface area contributed by atoms with E-state index >= 15 is 0 Å². The number of nitrogens with zero attached hydrogens (tertiary/aromatic N) is 1. The number of amides is 1. The Balaban J connectivity index is 2.72. The van der Waals surface area contributed by atoms with Gasteiger partial charge in [-0.15, -0.1) is 0 Å². The molecule has 0 aliphatic heterocycles. The molecule has 0 saturated carbocycles. The van der Waals surface area contributed by atoms with Crippen molar-refractivity contribution < 1.29 is 23.8 Å². The molecule has 0 aliphatic carbocycles. The third kappa shape index (κ3) is 6.43. The van der Waals surface area contributed by atoms with Crippen LogP contribution in [0, 0.1) is 11.3 Å². The van der Waals surface area contributed by atoms with Gasteiger partial charge in [-0.3, -0.25) is 9.59 Å². The lowest BCUT2D eigenvalue weighted by atomic mass is 10.2. The minimum atomic E-state index is -0.613. The Morgan fingerprint density at radius 1 is 1.28 bits per heavy atom. The van der Waals surface area contributed by atoms with Crippen LogP contribution in [0.2, 0.25) is 0 Å². The van der Waals surface area contributed by atoms with Crippen molar-refractivity contribution in [2.24, 2.45) is 0 Å². The van der Waals surface area contributed by atoms with Gasteiger partial charge in [0.25, 0.3) is 5.91 Å². The number of ether oxygens (including phenoxy) is 3. The Hall–Kier alpha value is -3.21. The zero-order valence-electron chi connectivity index (χ0n) is 14.4. The molecule has 2 N–H and O–H groups in total. The van der Waals surface area contributed by atoms with E-state index in [-0.39, 0.29) is 24.5 Å². The Bertz CT molecular complexity index is 679. The third-order valence-electron chi connectivity index (χ3n) is 3.05. The molecule has 0 fully saturated rings. The molecule has 8 heteroatoms. The van der Waals surface area contributed by atoms with Gasteiger partial charge >= 0.3 is 5.97 Å². The summed E-state index contributed by atoms with van der Waals surface area (Å²) in [5.74, 6) is -0.00183. The van der Waals surface area contributed by atoms with Crippen molar-refractivity contribution in [1.29, 1.82) is 5.26 Å². The maximum atomic E-state index is 12.2. The molecule has 1 aromatic rings. The summed E-state index contributed by atoms with van der Waals surface area (Å²) in [6, 6.07) is 6.71. The van der Waals surface area contributed by atoms with Gasteiger partial charge in [0, 0.05) is 18.8 Å². The molecule has 0 aliphatic rings. The highest BCUT2D eigenvalue weighted by Gasteiger charge is 2.13. The summed E-state index contributed by atoms with van der Waals surface area (Å²) >= 11 is 0. The lowest BCUT2D eigenvalue weighted by Gasteiger charge is -2.11. The average molecular weight is 347 g/mol. The lowest BCUT2D eigenvalue weighted by Crippen LogP contribution is -2.19. The van der Waals surface area contributed by atoms with Crippen molar-refractivity contribution in [3.05, 3.63) is 30.0 Å². The van der Waals surface area contributed by atoms with Crippen LogP contribution in [-0.2, 0) is 14.3 Å². The highest BCUT2D eigenvalue weighted by atomic mass is 16.5. The SMILES string of the molecule is CCOC(=O)CCN/C=C(/C#N)C(=O)Nc1cc(OC)ccc1OC. The second kappa shape index (κ2) is 10.5. The molecule has 1 amide bonds. The Morgan fingerprint density at radius 2 is 2.04 bits per heavy atom. The topological polar surface area (TPSA) is 110 Å². The summed E-state index contributed by atoms with van der Waals surface area (Å²) in [6.45, 7) is 2.28. The van der Waals surface area contributed by atoms with Crippen molar-refractivity contribution >= 4 is 17.6 Å². The van der Waals surface area contributed by atoms with E-state index in [0.717, 1.165) is 0 Å². The van der Waals surface area contributed by atoms with Crippen LogP contribution in [0.3, 0.4) is 0 Å². The first-order valence-corrected chi connectivity index (χ1v) is 7.58. The van der Waals surface area contributed by atoms with E-state index in [0.29, 0.717) is 23.8 Å². The summed E-state index contributed by atoms with van der Waals surface area (Å²) in [4.78, 5) is 23.4. The lowest BCUT2D eigenvalue weighted by molar-refractivity contribution is -0.142. The highest BCUT2D eigenvalue weighted by molar-refractivity contribution is 6.07. The molecule has 0 spiro atoms. The number of rotatable bonds is 9. The van der Waals surface area contributed by atoms with Crippen LogP contribution in [0.5, 0.6) is 11.5 Å². The largest absolute Gasteiger partial charge is 0.497 e. The van der Waals surface area contributed by atoms with Crippen LogP contribution in [0.15, 0.2) is 30.0 Å². The van der Waals surface area contributed by atoms with Gasteiger partial charge in [-0.2, -0.15) is 5.26 Å². The number of hydrogen-bond acceptors (Lipinski definition) is 7. The molecule has 8 nitrogen and oxygen atoms in total. The second-order valence-electron chi connectivity index (χ2n) is 4.70. The molecular weight excluding hydrogens is 326 g/mol. The predicted molar refractivity (Wildman–Crippen MR) is 91.1 cm³/mol. The number of carbonyl (C=O) groups is 2. The molecule has 0 radical (unpaired) electrons.